The number of carbonyl (C=O) groups excluding carboxylic acids is 1. The van der Waals surface area contributed by atoms with Gasteiger partial charge in [0.1, 0.15) is 5.69 Å². The van der Waals surface area contributed by atoms with Crippen LogP contribution in [0.2, 0.25) is 0 Å². The fourth-order valence-corrected chi connectivity index (χ4v) is 6.28. The van der Waals surface area contributed by atoms with Crippen molar-refractivity contribution >= 4 is 43.9 Å². The summed E-state index contributed by atoms with van der Waals surface area (Å²) in [5.41, 5.74) is 4.19. The van der Waals surface area contributed by atoms with Gasteiger partial charge in [-0.1, -0.05) is 69.3 Å². The summed E-state index contributed by atoms with van der Waals surface area (Å²) in [6, 6.07) is 25.9. The Hall–Kier alpha value is -3.88. The first-order valence-electron chi connectivity index (χ1n) is 12.8. The van der Waals surface area contributed by atoms with Crippen LogP contribution in [0.15, 0.2) is 95.2 Å². The van der Waals surface area contributed by atoms with E-state index < -0.39 is 10.0 Å². The van der Waals surface area contributed by atoms with Gasteiger partial charge in [-0.05, 0) is 64.7 Å². The molecule has 3 aromatic carbocycles. The van der Waals surface area contributed by atoms with Gasteiger partial charge in [0, 0.05) is 33.6 Å². The summed E-state index contributed by atoms with van der Waals surface area (Å²) in [5.74, 6) is -0.206. The molecule has 6 nitrogen and oxygen atoms in total. The van der Waals surface area contributed by atoms with E-state index in [2.05, 4.69) is 41.9 Å². The van der Waals surface area contributed by atoms with Gasteiger partial charge in [0.15, 0.2) is 0 Å². The summed E-state index contributed by atoms with van der Waals surface area (Å²) in [6.45, 7) is 6.78. The molecular formula is C31H31N3O3S2. The molecule has 0 saturated heterocycles. The Morgan fingerprint density at radius 3 is 2.33 bits per heavy atom. The van der Waals surface area contributed by atoms with Crippen molar-refractivity contribution in [2.45, 2.75) is 37.5 Å². The molecule has 0 fully saturated rings. The zero-order valence-corrected chi connectivity index (χ0v) is 23.7. The van der Waals surface area contributed by atoms with Crippen LogP contribution in [0.4, 0.5) is 5.69 Å². The highest BCUT2D eigenvalue weighted by atomic mass is 32.2. The molecule has 0 saturated carbocycles. The number of aromatic nitrogens is 1. The van der Waals surface area contributed by atoms with Gasteiger partial charge in [-0.3, -0.25) is 9.52 Å². The number of hydrogen-bond acceptors (Lipinski definition) is 4. The number of fused-ring (bicyclic) bond motifs is 1. The van der Waals surface area contributed by atoms with E-state index in [1.54, 1.807) is 41.7 Å². The first-order valence-corrected chi connectivity index (χ1v) is 15.1. The van der Waals surface area contributed by atoms with Crippen LogP contribution in [-0.2, 0) is 21.9 Å². The van der Waals surface area contributed by atoms with Gasteiger partial charge < -0.3 is 10.3 Å². The number of nitrogens with one attached hydrogen (secondary N) is 3. The number of amides is 1. The van der Waals surface area contributed by atoms with Crippen LogP contribution in [0.25, 0.3) is 22.0 Å². The molecule has 2 heterocycles. The number of aromatic amines is 1. The highest BCUT2D eigenvalue weighted by molar-refractivity contribution is 7.92. The zero-order valence-electron chi connectivity index (χ0n) is 22.1. The quantitative estimate of drug-likeness (QED) is 0.192. The van der Waals surface area contributed by atoms with Crippen LogP contribution in [-0.4, -0.2) is 25.9 Å². The fraction of sp³-hybridized carbons (Fsp3) is 0.194. The number of hydrogen-bond donors (Lipinski definition) is 3. The standard InChI is InChI=1S/C31H31N3O3S2/c1-31(2,3)22-11-14-25(15-12-22)39(36,37)34-23-13-16-27-26(20-23)28(21-8-5-4-6-9-21)29(33-27)30(35)32-18-17-24-10-7-19-38-24/h4-16,19-20,33-34H,17-18H2,1-3H3,(H,32,35). The number of carbonyl (C=O) groups is 1. The average molecular weight is 558 g/mol. The summed E-state index contributed by atoms with van der Waals surface area (Å²) in [5, 5.41) is 5.80. The minimum Gasteiger partial charge on any atom is -0.350 e. The topological polar surface area (TPSA) is 91.1 Å². The maximum absolute atomic E-state index is 13.3. The minimum absolute atomic E-state index is 0.0726. The molecule has 3 N–H and O–H groups in total. The van der Waals surface area contributed by atoms with E-state index in [0.29, 0.717) is 17.9 Å². The predicted molar refractivity (Wildman–Crippen MR) is 160 cm³/mol. The Kier molecular flexibility index (Phi) is 7.34. The monoisotopic (exact) mass is 557 g/mol. The molecule has 2 aromatic heterocycles. The SMILES string of the molecule is CC(C)(C)c1ccc(S(=O)(=O)Nc2ccc3[nH]c(C(=O)NCCc4cccs4)c(-c4ccccc4)c3c2)cc1. The minimum atomic E-state index is -3.80. The number of H-pyrrole nitrogens is 1. The van der Waals surface area contributed by atoms with Crippen molar-refractivity contribution in [3.63, 3.8) is 0 Å². The van der Waals surface area contributed by atoms with Gasteiger partial charge in [-0.15, -0.1) is 11.3 Å². The molecule has 0 spiro atoms. The van der Waals surface area contributed by atoms with E-state index in [4.69, 9.17) is 0 Å². The van der Waals surface area contributed by atoms with Gasteiger partial charge in [-0.25, -0.2) is 8.42 Å². The third kappa shape index (κ3) is 5.92. The Morgan fingerprint density at radius 2 is 1.67 bits per heavy atom. The third-order valence-electron chi connectivity index (χ3n) is 6.61. The van der Waals surface area contributed by atoms with Gasteiger partial charge in [0.2, 0.25) is 0 Å². The van der Waals surface area contributed by atoms with Gasteiger partial charge in [0.25, 0.3) is 15.9 Å². The predicted octanol–water partition coefficient (Wildman–Crippen LogP) is 6.97. The lowest BCUT2D eigenvalue weighted by atomic mass is 9.87. The van der Waals surface area contributed by atoms with Crippen molar-refractivity contribution in [2.75, 3.05) is 11.3 Å². The molecule has 0 aliphatic carbocycles. The molecule has 0 atom stereocenters. The van der Waals surface area contributed by atoms with Crippen LogP contribution < -0.4 is 10.0 Å². The van der Waals surface area contributed by atoms with E-state index in [1.807, 2.05) is 53.9 Å². The second kappa shape index (κ2) is 10.7. The second-order valence-electron chi connectivity index (χ2n) is 10.5. The van der Waals surface area contributed by atoms with Crippen molar-refractivity contribution < 1.29 is 13.2 Å². The summed E-state index contributed by atoms with van der Waals surface area (Å²) in [6.07, 6.45) is 0.757. The lowest BCUT2D eigenvalue weighted by molar-refractivity contribution is 0.0950. The van der Waals surface area contributed by atoms with Crippen molar-refractivity contribution in [1.29, 1.82) is 0 Å². The molecule has 0 aliphatic rings. The number of anilines is 1. The first kappa shape index (κ1) is 26.7. The van der Waals surface area contributed by atoms with Crippen LogP contribution in [0.1, 0.15) is 41.7 Å². The summed E-state index contributed by atoms with van der Waals surface area (Å²) < 4.78 is 29.1. The molecular weight excluding hydrogens is 526 g/mol. The van der Waals surface area contributed by atoms with Gasteiger partial charge in [0.05, 0.1) is 4.90 Å². The molecule has 0 radical (unpaired) electrons. The molecule has 200 valence electrons. The first-order chi connectivity index (χ1) is 18.6. The zero-order chi connectivity index (χ0) is 27.6. The highest BCUT2D eigenvalue weighted by Gasteiger charge is 2.21. The maximum Gasteiger partial charge on any atom is 0.268 e. The van der Waals surface area contributed by atoms with Crippen LogP contribution >= 0.6 is 11.3 Å². The Bertz CT molecular complexity index is 1700. The van der Waals surface area contributed by atoms with Crippen LogP contribution in [0, 0.1) is 0 Å². The van der Waals surface area contributed by atoms with E-state index >= 15 is 0 Å². The number of thiophene rings is 1. The highest BCUT2D eigenvalue weighted by Crippen LogP contribution is 2.35. The largest absolute Gasteiger partial charge is 0.350 e. The summed E-state index contributed by atoms with van der Waals surface area (Å²) >= 11 is 1.67. The fourth-order valence-electron chi connectivity index (χ4n) is 4.52. The smallest absolute Gasteiger partial charge is 0.268 e. The number of benzene rings is 3. The van der Waals surface area contributed by atoms with Crippen LogP contribution in [0.5, 0.6) is 0 Å². The maximum atomic E-state index is 13.3. The molecule has 39 heavy (non-hydrogen) atoms. The van der Waals surface area contributed by atoms with Crippen molar-refractivity contribution in [3.8, 4) is 11.1 Å². The average Bonchev–Trinajstić information content (AvgIpc) is 3.56. The number of sulfonamides is 1. The van der Waals surface area contributed by atoms with E-state index in [-0.39, 0.29) is 16.2 Å². The Morgan fingerprint density at radius 1 is 0.923 bits per heavy atom. The van der Waals surface area contributed by atoms with Gasteiger partial charge in [-0.2, -0.15) is 0 Å². The molecule has 0 unspecified atom stereocenters. The molecule has 5 aromatic rings. The van der Waals surface area contributed by atoms with Crippen molar-refractivity contribution in [3.05, 3.63) is 106 Å². The molecule has 5 rings (SSSR count). The van der Waals surface area contributed by atoms with Crippen molar-refractivity contribution in [2.24, 2.45) is 0 Å². The van der Waals surface area contributed by atoms with E-state index in [9.17, 15) is 13.2 Å². The summed E-state index contributed by atoms with van der Waals surface area (Å²) in [7, 11) is -3.80. The van der Waals surface area contributed by atoms with Gasteiger partial charge >= 0.3 is 0 Å². The van der Waals surface area contributed by atoms with Crippen LogP contribution in [0.3, 0.4) is 0 Å². The molecule has 1 amide bonds. The Balaban J connectivity index is 1.46. The molecule has 0 bridgehead atoms. The second-order valence-corrected chi connectivity index (χ2v) is 13.2. The normalized spacial score (nSPS) is 12.0. The molecule has 0 aliphatic heterocycles. The summed E-state index contributed by atoms with van der Waals surface area (Å²) in [4.78, 5) is 17.9. The number of rotatable bonds is 8. The molecule has 8 heteroatoms. The van der Waals surface area contributed by atoms with Crippen molar-refractivity contribution in [1.82, 2.24) is 10.3 Å². The van der Waals surface area contributed by atoms with E-state index in [1.165, 1.54) is 4.88 Å². The lowest BCUT2D eigenvalue weighted by Gasteiger charge is -2.19. The Labute approximate surface area is 233 Å². The third-order valence-corrected chi connectivity index (χ3v) is 8.94. The lowest BCUT2D eigenvalue weighted by Crippen LogP contribution is -2.26. The van der Waals surface area contributed by atoms with E-state index in [0.717, 1.165) is 34.0 Å².